The fourth-order valence-corrected chi connectivity index (χ4v) is 4.82. The molecule has 0 spiro atoms. The Morgan fingerprint density at radius 2 is 1.89 bits per heavy atom. The molecular weight excluding hydrogens is 328 g/mol. The lowest BCUT2D eigenvalue weighted by molar-refractivity contribution is 0.320. The summed E-state index contributed by atoms with van der Waals surface area (Å²) in [4.78, 5) is 1.28. The Hall–Kier alpha value is 0.340. The lowest BCUT2D eigenvalue weighted by Gasteiger charge is -2.31. The van der Waals surface area contributed by atoms with Gasteiger partial charge in [-0.3, -0.25) is 0 Å². The van der Waals surface area contributed by atoms with Crippen LogP contribution in [0, 0.1) is 5.41 Å². The average Bonchev–Trinajstić information content (AvgIpc) is 2.37. The van der Waals surface area contributed by atoms with Gasteiger partial charge in [-0.1, -0.05) is 60.3 Å². The Kier molecular flexibility index (Phi) is 7.74. The maximum atomic E-state index is 6.03. The van der Waals surface area contributed by atoms with Gasteiger partial charge < -0.3 is 0 Å². The van der Waals surface area contributed by atoms with Gasteiger partial charge in [-0.25, -0.2) is 0 Å². The second kappa shape index (κ2) is 8.50. The van der Waals surface area contributed by atoms with E-state index in [0.717, 1.165) is 10.4 Å². The van der Waals surface area contributed by atoms with E-state index in [-0.39, 0.29) is 0 Å². The van der Waals surface area contributed by atoms with Crippen molar-refractivity contribution >= 4 is 39.3 Å². The van der Waals surface area contributed by atoms with E-state index in [4.69, 9.17) is 11.6 Å². The molecule has 0 N–H and O–H groups in total. The summed E-state index contributed by atoms with van der Waals surface area (Å²) in [5.41, 5.74) is 0.427. The number of rotatable bonds is 8. The second-order valence-electron chi connectivity index (χ2n) is 4.88. The van der Waals surface area contributed by atoms with Crippen LogP contribution in [0.5, 0.6) is 0 Å². The topological polar surface area (TPSA) is 0 Å². The van der Waals surface area contributed by atoms with Gasteiger partial charge in [-0.2, -0.15) is 0 Å². The zero-order chi connectivity index (χ0) is 13.4. The van der Waals surface area contributed by atoms with Crippen molar-refractivity contribution in [2.24, 2.45) is 5.41 Å². The maximum Gasteiger partial charge on any atom is 0.0417 e. The third kappa shape index (κ3) is 5.14. The van der Waals surface area contributed by atoms with E-state index in [0.29, 0.717) is 5.41 Å². The Balaban J connectivity index is 2.66. The van der Waals surface area contributed by atoms with Gasteiger partial charge in [0.1, 0.15) is 0 Å². The summed E-state index contributed by atoms with van der Waals surface area (Å²) in [5, 5.41) is 1.92. The van der Waals surface area contributed by atoms with Crippen molar-refractivity contribution in [3.8, 4) is 0 Å². The van der Waals surface area contributed by atoms with Crippen LogP contribution < -0.4 is 0 Å². The molecule has 1 rings (SSSR count). The SMILES string of the molecule is CCCC(CBr)(CCC)CSc1cccc(Cl)c1. The van der Waals surface area contributed by atoms with Crippen LogP contribution in [0.25, 0.3) is 0 Å². The molecule has 0 aromatic heterocycles. The summed E-state index contributed by atoms with van der Waals surface area (Å²) in [7, 11) is 0. The highest BCUT2D eigenvalue weighted by atomic mass is 79.9. The first-order valence-electron chi connectivity index (χ1n) is 6.60. The number of thioether (sulfide) groups is 1. The first-order valence-corrected chi connectivity index (χ1v) is 9.08. The third-order valence-electron chi connectivity index (χ3n) is 3.19. The van der Waals surface area contributed by atoms with E-state index >= 15 is 0 Å². The molecule has 1 aromatic rings. The Bertz CT molecular complexity index is 348. The van der Waals surface area contributed by atoms with Crippen molar-refractivity contribution < 1.29 is 0 Å². The molecule has 102 valence electrons. The summed E-state index contributed by atoms with van der Waals surface area (Å²) >= 11 is 11.7. The molecule has 0 radical (unpaired) electrons. The first kappa shape index (κ1) is 16.4. The number of halogens is 2. The van der Waals surface area contributed by atoms with Crippen LogP contribution in [0.15, 0.2) is 29.2 Å². The second-order valence-corrected chi connectivity index (χ2v) is 6.93. The summed E-state index contributed by atoms with van der Waals surface area (Å²) in [5.74, 6) is 1.17. The average molecular weight is 350 g/mol. The molecule has 0 heterocycles. The van der Waals surface area contributed by atoms with Gasteiger partial charge in [0.25, 0.3) is 0 Å². The molecule has 0 aliphatic rings. The molecular formula is C15H22BrClS. The minimum atomic E-state index is 0.427. The third-order valence-corrected chi connectivity index (χ3v) is 5.95. The maximum absolute atomic E-state index is 6.03. The van der Waals surface area contributed by atoms with Gasteiger partial charge in [0.2, 0.25) is 0 Å². The van der Waals surface area contributed by atoms with E-state index in [9.17, 15) is 0 Å². The minimum Gasteiger partial charge on any atom is -0.126 e. The van der Waals surface area contributed by atoms with Crippen LogP contribution in [0.1, 0.15) is 39.5 Å². The fourth-order valence-electron chi connectivity index (χ4n) is 2.30. The first-order chi connectivity index (χ1) is 8.65. The van der Waals surface area contributed by atoms with Crippen molar-refractivity contribution in [3.05, 3.63) is 29.3 Å². The molecule has 1 aromatic carbocycles. The molecule has 0 bridgehead atoms. The van der Waals surface area contributed by atoms with E-state index in [2.05, 4.69) is 41.9 Å². The summed E-state index contributed by atoms with van der Waals surface area (Å²) in [6, 6.07) is 8.16. The van der Waals surface area contributed by atoms with Gasteiger partial charge in [0, 0.05) is 21.0 Å². The van der Waals surface area contributed by atoms with Crippen LogP contribution >= 0.6 is 39.3 Å². The molecule has 18 heavy (non-hydrogen) atoms. The standard InChI is InChI=1S/C15H22BrClS/c1-3-8-15(11-16,9-4-2)12-18-14-7-5-6-13(17)10-14/h5-7,10H,3-4,8-9,11-12H2,1-2H3. The number of hydrogen-bond acceptors (Lipinski definition) is 1. The predicted octanol–water partition coefficient (Wildman–Crippen LogP) is 6.41. The van der Waals surface area contributed by atoms with Crippen molar-refractivity contribution in [3.63, 3.8) is 0 Å². The molecule has 0 unspecified atom stereocenters. The van der Waals surface area contributed by atoms with Gasteiger partial charge in [0.15, 0.2) is 0 Å². The zero-order valence-electron chi connectivity index (χ0n) is 11.2. The van der Waals surface area contributed by atoms with Gasteiger partial charge in [-0.15, -0.1) is 11.8 Å². The smallest absolute Gasteiger partial charge is 0.0417 e. The van der Waals surface area contributed by atoms with Gasteiger partial charge in [-0.05, 0) is 36.5 Å². The lowest BCUT2D eigenvalue weighted by Crippen LogP contribution is -2.25. The molecule has 0 atom stereocenters. The number of benzene rings is 1. The largest absolute Gasteiger partial charge is 0.126 e. The molecule has 0 aliphatic heterocycles. The Morgan fingerprint density at radius 3 is 2.39 bits per heavy atom. The molecule has 0 fully saturated rings. The molecule has 0 aliphatic carbocycles. The lowest BCUT2D eigenvalue weighted by atomic mass is 9.83. The van der Waals surface area contributed by atoms with Gasteiger partial charge in [0.05, 0.1) is 0 Å². The molecule has 0 saturated heterocycles. The zero-order valence-corrected chi connectivity index (χ0v) is 14.4. The van der Waals surface area contributed by atoms with Crippen molar-refractivity contribution in [1.82, 2.24) is 0 Å². The summed E-state index contributed by atoms with van der Waals surface area (Å²) in [6.07, 6.45) is 5.09. The van der Waals surface area contributed by atoms with E-state index in [1.807, 2.05) is 23.9 Å². The predicted molar refractivity (Wildman–Crippen MR) is 88.2 cm³/mol. The highest BCUT2D eigenvalue weighted by Crippen LogP contribution is 2.38. The highest BCUT2D eigenvalue weighted by Gasteiger charge is 2.27. The van der Waals surface area contributed by atoms with Crippen LogP contribution in [0.4, 0.5) is 0 Å². The Labute approximate surface area is 129 Å². The fraction of sp³-hybridized carbons (Fsp3) is 0.600. The van der Waals surface area contributed by atoms with E-state index in [1.54, 1.807) is 0 Å². The highest BCUT2D eigenvalue weighted by molar-refractivity contribution is 9.09. The van der Waals surface area contributed by atoms with Gasteiger partial charge >= 0.3 is 0 Å². The van der Waals surface area contributed by atoms with Crippen molar-refractivity contribution in [1.29, 1.82) is 0 Å². The number of hydrogen-bond donors (Lipinski definition) is 0. The van der Waals surface area contributed by atoms with Crippen LogP contribution in [-0.4, -0.2) is 11.1 Å². The van der Waals surface area contributed by atoms with Crippen molar-refractivity contribution in [2.45, 2.75) is 44.4 Å². The molecule has 0 amide bonds. The van der Waals surface area contributed by atoms with Crippen LogP contribution in [-0.2, 0) is 0 Å². The van der Waals surface area contributed by atoms with Crippen molar-refractivity contribution in [2.75, 3.05) is 11.1 Å². The monoisotopic (exact) mass is 348 g/mol. The molecule has 3 heteroatoms. The quantitative estimate of drug-likeness (QED) is 0.386. The van der Waals surface area contributed by atoms with E-state index < -0.39 is 0 Å². The normalized spacial score (nSPS) is 11.8. The van der Waals surface area contributed by atoms with E-state index in [1.165, 1.54) is 36.3 Å². The molecule has 0 nitrogen and oxygen atoms in total. The van der Waals surface area contributed by atoms with Crippen LogP contribution in [0.3, 0.4) is 0 Å². The number of alkyl halides is 1. The van der Waals surface area contributed by atoms with Crippen LogP contribution in [0.2, 0.25) is 5.02 Å². The molecule has 0 saturated carbocycles. The summed E-state index contributed by atoms with van der Waals surface area (Å²) < 4.78 is 0. The minimum absolute atomic E-state index is 0.427. The Morgan fingerprint density at radius 1 is 1.22 bits per heavy atom. The summed E-state index contributed by atoms with van der Waals surface area (Å²) in [6.45, 7) is 4.55.